The molecule has 1 aliphatic heterocycles. The van der Waals surface area contributed by atoms with Crippen LogP contribution >= 0.6 is 0 Å². The maximum Gasteiger partial charge on any atom is 0.246 e. The fraction of sp³-hybridized carbons (Fsp3) is 0.474. The van der Waals surface area contributed by atoms with Gasteiger partial charge in [0.25, 0.3) is 0 Å². The van der Waals surface area contributed by atoms with Gasteiger partial charge in [-0.25, -0.2) is 8.42 Å². The number of benzene rings is 1. The molecular weight excluding hydrogens is 364 g/mol. The number of hydrogen-bond donors (Lipinski definition) is 0. The smallest absolute Gasteiger partial charge is 0.246 e. The van der Waals surface area contributed by atoms with Gasteiger partial charge in [0.2, 0.25) is 15.9 Å². The molecule has 1 atom stereocenters. The molecule has 1 aromatic carbocycles. The highest BCUT2D eigenvalue weighted by molar-refractivity contribution is 7.89. The highest BCUT2D eigenvalue weighted by Crippen LogP contribution is 2.24. The van der Waals surface area contributed by atoms with Gasteiger partial charge in [0.1, 0.15) is 4.90 Å². The predicted octanol–water partition coefficient (Wildman–Crippen LogP) is 1.84. The highest BCUT2D eigenvalue weighted by Gasteiger charge is 2.31. The van der Waals surface area contributed by atoms with Crippen LogP contribution in [-0.2, 0) is 21.9 Å². The van der Waals surface area contributed by atoms with Gasteiger partial charge in [0, 0.05) is 39.4 Å². The fourth-order valence-corrected chi connectivity index (χ4v) is 4.95. The van der Waals surface area contributed by atoms with Crippen LogP contribution in [-0.4, -0.2) is 59.5 Å². The van der Waals surface area contributed by atoms with Crippen molar-refractivity contribution >= 4 is 15.9 Å². The second-order valence-electron chi connectivity index (χ2n) is 6.80. The molecule has 1 unspecified atom stereocenters. The molecule has 0 bridgehead atoms. The summed E-state index contributed by atoms with van der Waals surface area (Å²) in [4.78, 5) is 15.1. The van der Waals surface area contributed by atoms with E-state index in [-0.39, 0.29) is 16.7 Å². The molecule has 0 spiro atoms. The van der Waals surface area contributed by atoms with Crippen molar-refractivity contribution in [1.29, 1.82) is 0 Å². The lowest BCUT2D eigenvalue weighted by molar-refractivity contribution is -0.132. The van der Waals surface area contributed by atoms with Crippen LogP contribution in [0.3, 0.4) is 0 Å². The minimum atomic E-state index is -3.58. The molecule has 7 nitrogen and oxygen atoms in total. The van der Waals surface area contributed by atoms with E-state index in [1.165, 1.54) is 21.4 Å². The minimum absolute atomic E-state index is 0.0734. The van der Waals surface area contributed by atoms with Gasteiger partial charge in [-0.1, -0.05) is 37.3 Å². The number of nitrogens with zero attached hydrogens (tertiary/aromatic N) is 4. The maximum absolute atomic E-state index is 13.1. The van der Waals surface area contributed by atoms with Crippen LogP contribution < -0.4 is 0 Å². The lowest BCUT2D eigenvalue weighted by Crippen LogP contribution is -2.39. The summed E-state index contributed by atoms with van der Waals surface area (Å²) in [6.45, 7) is 3.69. The zero-order valence-electron chi connectivity index (χ0n) is 15.8. The topological polar surface area (TPSA) is 75.5 Å². The lowest BCUT2D eigenvalue weighted by Gasteiger charge is -2.26. The Morgan fingerprint density at radius 1 is 1.15 bits per heavy atom. The van der Waals surface area contributed by atoms with Crippen LogP contribution in [0.2, 0.25) is 0 Å². The Morgan fingerprint density at radius 3 is 2.52 bits per heavy atom. The summed E-state index contributed by atoms with van der Waals surface area (Å²) in [6.07, 6.45) is 4.21. The molecule has 1 fully saturated rings. The Morgan fingerprint density at radius 2 is 1.89 bits per heavy atom. The first kappa shape index (κ1) is 19.6. The van der Waals surface area contributed by atoms with Crippen LogP contribution in [0.25, 0.3) is 0 Å². The first-order valence-electron chi connectivity index (χ1n) is 9.26. The Kier molecular flexibility index (Phi) is 5.96. The van der Waals surface area contributed by atoms with E-state index in [2.05, 4.69) is 5.10 Å². The predicted molar refractivity (Wildman–Crippen MR) is 103 cm³/mol. The summed E-state index contributed by atoms with van der Waals surface area (Å²) in [7, 11) is -1.89. The third kappa shape index (κ3) is 4.22. The lowest BCUT2D eigenvalue weighted by atomic mass is 9.95. The molecule has 27 heavy (non-hydrogen) atoms. The summed E-state index contributed by atoms with van der Waals surface area (Å²) in [6, 6.07) is 9.77. The third-order valence-corrected chi connectivity index (χ3v) is 6.85. The average molecular weight is 391 g/mol. The van der Waals surface area contributed by atoms with Crippen molar-refractivity contribution in [2.75, 3.05) is 26.2 Å². The van der Waals surface area contributed by atoms with Crippen LogP contribution in [0, 0.1) is 0 Å². The van der Waals surface area contributed by atoms with Gasteiger partial charge in [-0.2, -0.15) is 9.40 Å². The van der Waals surface area contributed by atoms with Gasteiger partial charge in [-0.3, -0.25) is 9.48 Å². The van der Waals surface area contributed by atoms with Crippen molar-refractivity contribution in [2.24, 2.45) is 7.05 Å². The minimum Gasteiger partial charge on any atom is -0.341 e. The summed E-state index contributed by atoms with van der Waals surface area (Å²) < 4.78 is 28.6. The SMILES string of the molecule is CCC(C(=O)N1CCCN(S(=O)(=O)c2cnn(C)c2)CC1)c1ccccc1. The van der Waals surface area contributed by atoms with E-state index in [1.54, 1.807) is 11.9 Å². The molecule has 8 heteroatoms. The molecule has 2 aromatic rings. The molecule has 1 amide bonds. The zero-order valence-corrected chi connectivity index (χ0v) is 16.6. The van der Waals surface area contributed by atoms with Crippen molar-refractivity contribution in [3.63, 3.8) is 0 Å². The van der Waals surface area contributed by atoms with Gasteiger partial charge in [-0.15, -0.1) is 0 Å². The highest BCUT2D eigenvalue weighted by atomic mass is 32.2. The van der Waals surface area contributed by atoms with Crippen molar-refractivity contribution in [3.8, 4) is 0 Å². The summed E-state index contributed by atoms with van der Waals surface area (Å²) in [5.41, 5.74) is 1.01. The van der Waals surface area contributed by atoms with Crippen molar-refractivity contribution in [2.45, 2.75) is 30.6 Å². The molecule has 1 saturated heterocycles. The summed E-state index contributed by atoms with van der Waals surface area (Å²) in [5, 5.41) is 3.96. The molecule has 3 rings (SSSR count). The number of hydrogen-bond acceptors (Lipinski definition) is 4. The average Bonchev–Trinajstić information content (AvgIpc) is 2.96. The summed E-state index contributed by atoms with van der Waals surface area (Å²) >= 11 is 0. The Labute approximate surface area is 160 Å². The van der Waals surface area contributed by atoms with Crippen molar-refractivity contribution in [1.82, 2.24) is 19.0 Å². The Balaban J connectivity index is 1.72. The Bertz CT molecular complexity index is 879. The van der Waals surface area contributed by atoms with E-state index in [9.17, 15) is 13.2 Å². The van der Waals surface area contributed by atoms with Gasteiger partial charge in [0.05, 0.1) is 12.1 Å². The van der Waals surface area contributed by atoms with Crippen LogP contribution in [0.5, 0.6) is 0 Å². The largest absolute Gasteiger partial charge is 0.341 e. The maximum atomic E-state index is 13.1. The standard InChI is InChI=1S/C19H26N4O3S/c1-3-18(16-8-5-4-6-9-16)19(24)22-10-7-11-23(13-12-22)27(25,26)17-14-20-21(2)15-17/h4-6,8-9,14-15,18H,3,7,10-13H2,1-2H3. The quantitative estimate of drug-likeness (QED) is 0.781. The molecule has 1 aromatic heterocycles. The van der Waals surface area contributed by atoms with Crippen LogP contribution in [0.4, 0.5) is 0 Å². The van der Waals surface area contributed by atoms with E-state index in [0.717, 1.165) is 12.0 Å². The molecule has 0 N–H and O–H groups in total. The molecule has 0 aliphatic carbocycles. The van der Waals surface area contributed by atoms with E-state index in [4.69, 9.17) is 0 Å². The van der Waals surface area contributed by atoms with Crippen LogP contribution in [0.1, 0.15) is 31.2 Å². The van der Waals surface area contributed by atoms with Gasteiger partial charge in [0.15, 0.2) is 0 Å². The molecule has 146 valence electrons. The summed E-state index contributed by atoms with van der Waals surface area (Å²) in [5.74, 6) is -0.114. The number of sulfonamides is 1. The van der Waals surface area contributed by atoms with Crippen molar-refractivity contribution in [3.05, 3.63) is 48.3 Å². The first-order chi connectivity index (χ1) is 12.9. The van der Waals surface area contributed by atoms with E-state index in [0.29, 0.717) is 32.6 Å². The second-order valence-corrected chi connectivity index (χ2v) is 8.74. The molecular formula is C19H26N4O3S. The molecule has 1 aliphatic rings. The zero-order chi connectivity index (χ0) is 19.4. The third-order valence-electron chi connectivity index (χ3n) is 4.99. The van der Waals surface area contributed by atoms with E-state index in [1.807, 2.05) is 37.3 Å². The van der Waals surface area contributed by atoms with Gasteiger partial charge in [-0.05, 0) is 18.4 Å². The number of amides is 1. The number of carbonyl (C=O) groups is 1. The van der Waals surface area contributed by atoms with Crippen LogP contribution in [0.15, 0.2) is 47.6 Å². The van der Waals surface area contributed by atoms with Gasteiger partial charge >= 0.3 is 0 Å². The van der Waals surface area contributed by atoms with Gasteiger partial charge < -0.3 is 4.90 Å². The monoisotopic (exact) mass is 390 g/mol. The normalized spacial score (nSPS) is 17.5. The number of aryl methyl sites for hydroxylation is 1. The second kappa shape index (κ2) is 8.22. The first-order valence-corrected chi connectivity index (χ1v) is 10.7. The van der Waals surface area contributed by atoms with E-state index >= 15 is 0 Å². The molecule has 2 heterocycles. The fourth-order valence-electron chi connectivity index (χ4n) is 3.49. The van der Waals surface area contributed by atoms with Crippen molar-refractivity contribution < 1.29 is 13.2 Å². The van der Waals surface area contributed by atoms with E-state index < -0.39 is 10.0 Å². The number of rotatable bonds is 5. The molecule has 0 saturated carbocycles. The number of carbonyl (C=O) groups excluding carboxylic acids is 1. The molecule has 0 radical (unpaired) electrons. The number of aromatic nitrogens is 2. The Hall–Kier alpha value is -2.19.